The third-order valence-corrected chi connectivity index (χ3v) is 3.93. The third kappa shape index (κ3) is 8.53. The Bertz CT molecular complexity index is 615. The summed E-state index contributed by atoms with van der Waals surface area (Å²) < 4.78 is 20.2. The van der Waals surface area contributed by atoms with Crippen LogP contribution >= 0.6 is 0 Å². The van der Waals surface area contributed by atoms with Crippen molar-refractivity contribution >= 4 is 24.0 Å². The second kappa shape index (κ2) is 11.4. The molecule has 29 heavy (non-hydrogen) atoms. The van der Waals surface area contributed by atoms with Crippen LogP contribution in [0.25, 0.3) is 0 Å². The van der Waals surface area contributed by atoms with Crippen molar-refractivity contribution in [2.45, 2.75) is 65.5 Å². The van der Waals surface area contributed by atoms with Gasteiger partial charge >= 0.3 is 24.0 Å². The van der Waals surface area contributed by atoms with Crippen LogP contribution in [0.2, 0.25) is 0 Å². The number of ether oxygens (including phenoxy) is 4. The van der Waals surface area contributed by atoms with Gasteiger partial charge in [0.05, 0.1) is 19.3 Å². The molecule has 0 spiro atoms. The van der Waals surface area contributed by atoms with E-state index in [2.05, 4.69) is 0 Å². The topological polar surface area (TPSA) is 108 Å². The molecular formula is C20H31NO8. The highest BCUT2D eigenvalue weighted by Gasteiger charge is 2.31. The number of piperidine rings is 1. The lowest BCUT2D eigenvalue weighted by atomic mass is 10.0. The molecule has 0 aromatic rings. The first-order valence-electron chi connectivity index (χ1n) is 9.81. The van der Waals surface area contributed by atoms with Crippen LogP contribution in [0.3, 0.4) is 0 Å². The second-order valence-electron chi connectivity index (χ2n) is 7.45. The van der Waals surface area contributed by atoms with E-state index in [1.807, 2.05) is 0 Å². The fourth-order valence-corrected chi connectivity index (χ4v) is 2.69. The molecule has 9 nitrogen and oxygen atoms in total. The number of hydrogen-bond donors (Lipinski definition) is 0. The summed E-state index contributed by atoms with van der Waals surface area (Å²) in [4.78, 5) is 49.9. The van der Waals surface area contributed by atoms with Crippen molar-refractivity contribution < 1.29 is 38.1 Å². The second-order valence-corrected chi connectivity index (χ2v) is 7.45. The third-order valence-electron chi connectivity index (χ3n) is 3.93. The lowest BCUT2D eigenvalue weighted by Crippen LogP contribution is -2.48. The number of likely N-dealkylation sites (tertiary alicyclic amines) is 1. The number of amides is 1. The zero-order valence-corrected chi connectivity index (χ0v) is 17.8. The van der Waals surface area contributed by atoms with Gasteiger partial charge in [-0.25, -0.2) is 19.2 Å². The molecule has 164 valence electrons. The highest BCUT2D eigenvalue weighted by atomic mass is 16.6. The van der Waals surface area contributed by atoms with Crippen LogP contribution in [0.1, 0.15) is 53.9 Å². The largest absolute Gasteiger partial charge is 0.462 e. The molecule has 0 radical (unpaired) electrons. The van der Waals surface area contributed by atoms with Gasteiger partial charge in [-0.1, -0.05) is 0 Å². The first-order chi connectivity index (χ1) is 13.6. The van der Waals surface area contributed by atoms with Gasteiger partial charge in [0.15, 0.2) is 5.57 Å². The number of carbonyl (C=O) groups is 4. The summed E-state index contributed by atoms with van der Waals surface area (Å²) in [7, 11) is 0. The van der Waals surface area contributed by atoms with Crippen LogP contribution in [0, 0.1) is 0 Å². The lowest BCUT2D eigenvalue weighted by Gasteiger charge is -2.36. The summed E-state index contributed by atoms with van der Waals surface area (Å²) >= 11 is 0. The average Bonchev–Trinajstić information content (AvgIpc) is 2.63. The lowest BCUT2D eigenvalue weighted by molar-refractivity contribution is -0.148. The van der Waals surface area contributed by atoms with E-state index in [4.69, 9.17) is 18.9 Å². The Morgan fingerprint density at radius 3 is 2.07 bits per heavy atom. The highest BCUT2D eigenvalue weighted by molar-refractivity contribution is 6.17. The van der Waals surface area contributed by atoms with E-state index in [0.29, 0.717) is 13.0 Å². The van der Waals surface area contributed by atoms with Crippen molar-refractivity contribution in [3.63, 3.8) is 0 Å². The number of rotatable bonds is 7. The molecule has 9 heteroatoms. The normalized spacial score (nSPS) is 16.4. The summed E-state index contributed by atoms with van der Waals surface area (Å²) in [5.41, 5.74) is -1.17. The molecule has 0 aliphatic carbocycles. The molecule has 1 rings (SSSR count). The molecule has 1 amide bonds. The maximum atomic E-state index is 12.4. The van der Waals surface area contributed by atoms with Gasteiger partial charge in [0, 0.05) is 12.6 Å². The summed E-state index contributed by atoms with van der Waals surface area (Å²) in [5.74, 6) is -2.82. The highest BCUT2D eigenvalue weighted by Crippen LogP contribution is 2.21. The summed E-state index contributed by atoms with van der Waals surface area (Å²) in [5, 5.41) is 0. The molecule has 1 aliphatic heterocycles. The van der Waals surface area contributed by atoms with Crippen LogP contribution in [0.5, 0.6) is 0 Å². The maximum Gasteiger partial charge on any atom is 0.410 e. The van der Waals surface area contributed by atoms with E-state index in [0.717, 1.165) is 18.9 Å². The Kier molecular flexibility index (Phi) is 9.64. The van der Waals surface area contributed by atoms with Crippen LogP contribution in [-0.2, 0) is 33.3 Å². The first-order valence-corrected chi connectivity index (χ1v) is 9.81. The molecule has 1 heterocycles. The predicted molar refractivity (Wildman–Crippen MR) is 103 cm³/mol. The van der Waals surface area contributed by atoms with Crippen molar-refractivity contribution in [1.82, 2.24) is 4.90 Å². The van der Waals surface area contributed by atoms with Crippen molar-refractivity contribution in [3.8, 4) is 0 Å². The van der Waals surface area contributed by atoms with E-state index in [1.165, 1.54) is 0 Å². The molecule has 0 saturated carbocycles. The van der Waals surface area contributed by atoms with Crippen LogP contribution < -0.4 is 0 Å². The molecule has 0 aromatic heterocycles. The first kappa shape index (κ1) is 24.5. The minimum absolute atomic E-state index is 0.0392. The Hall–Kier alpha value is -2.58. The molecule has 0 aromatic carbocycles. The fraction of sp³-hybridized carbons (Fsp3) is 0.700. The van der Waals surface area contributed by atoms with Gasteiger partial charge in [0.1, 0.15) is 12.2 Å². The quantitative estimate of drug-likeness (QED) is 0.206. The minimum Gasteiger partial charge on any atom is -0.462 e. The Morgan fingerprint density at radius 2 is 1.55 bits per heavy atom. The molecule has 1 fully saturated rings. The summed E-state index contributed by atoms with van der Waals surface area (Å²) in [6, 6.07) is -0.343. The number of carbonyl (C=O) groups excluding carboxylic acids is 4. The van der Waals surface area contributed by atoms with Crippen LogP contribution in [0.15, 0.2) is 11.6 Å². The van der Waals surface area contributed by atoms with E-state index in [-0.39, 0.29) is 25.9 Å². The Labute approximate surface area is 171 Å². The van der Waals surface area contributed by atoms with Crippen molar-refractivity contribution in [3.05, 3.63) is 11.6 Å². The average molecular weight is 413 g/mol. The smallest absolute Gasteiger partial charge is 0.410 e. The van der Waals surface area contributed by atoms with E-state index in [9.17, 15) is 19.2 Å². The molecule has 0 bridgehead atoms. The van der Waals surface area contributed by atoms with Crippen LogP contribution in [0.4, 0.5) is 4.79 Å². The summed E-state index contributed by atoms with van der Waals surface area (Å²) in [6.45, 7) is 9.00. The van der Waals surface area contributed by atoms with Gasteiger partial charge in [0.2, 0.25) is 0 Å². The monoisotopic (exact) mass is 413 g/mol. The Morgan fingerprint density at radius 1 is 0.966 bits per heavy atom. The number of hydrogen-bond acceptors (Lipinski definition) is 8. The number of nitrogens with zero attached hydrogens (tertiary/aromatic N) is 1. The molecule has 1 atom stereocenters. The van der Waals surface area contributed by atoms with Crippen molar-refractivity contribution in [2.75, 3.05) is 26.4 Å². The molecule has 1 saturated heterocycles. The molecule has 1 aliphatic rings. The molecular weight excluding hydrogens is 382 g/mol. The van der Waals surface area contributed by atoms with Gasteiger partial charge in [-0.2, -0.15) is 0 Å². The summed E-state index contributed by atoms with van der Waals surface area (Å²) in [6.07, 6.45) is 2.66. The van der Waals surface area contributed by atoms with Crippen LogP contribution in [-0.4, -0.2) is 66.9 Å². The standard InChI is InChI=1S/C20H31NO8/c1-6-26-17(23)15(18(24)27-7-2)12-16(22)28-13-14-10-8-9-11-21(14)19(25)29-20(3,4)5/h12,14H,6-11,13H2,1-5H3. The van der Waals surface area contributed by atoms with E-state index in [1.54, 1.807) is 39.5 Å². The minimum atomic E-state index is -0.962. The van der Waals surface area contributed by atoms with Gasteiger partial charge < -0.3 is 23.8 Å². The Balaban J connectivity index is 2.80. The van der Waals surface area contributed by atoms with Crippen molar-refractivity contribution in [2.24, 2.45) is 0 Å². The number of esters is 3. The van der Waals surface area contributed by atoms with Gasteiger partial charge in [-0.15, -0.1) is 0 Å². The van der Waals surface area contributed by atoms with Gasteiger partial charge in [-0.05, 0) is 53.9 Å². The molecule has 0 N–H and O–H groups in total. The van der Waals surface area contributed by atoms with E-state index >= 15 is 0 Å². The van der Waals surface area contributed by atoms with Crippen molar-refractivity contribution in [1.29, 1.82) is 0 Å². The molecule has 1 unspecified atom stereocenters. The SMILES string of the molecule is CCOC(=O)C(=CC(=O)OCC1CCCCN1C(=O)OC(C)(C)C)C(=O)OCC. The fourth-order valence-electron chi connectivity index (χ4n) is 2.69. The van der Waals surface area contributed by atoms with E-state index < -0.39 is 35.2 Å². The zero-order valence-electron chi connectivity index (χ0n) is 17.8. The maximum absolute atomic E-state index is 12.4. The predicted octanol–water partition coefficient (Wildman–Crippen LogP) is 2.37. The van der Waals surface area contributed by atoms with Gasteiger partial charge in [0.25, 0.3) is 0 Å². The van der Waals surface area contributed by atoms with Gasteiger partial charge in [-0.3, -0.25) is 0 Å². The zero-order chi connectivity index (χ0) is 22.0.